The maximum atomic E-state index is 13.1. The Bertz CT molecular complexity index is 967. The van der Waals surface area contributed by atoms with Crippen molar-refractivity contribution in [1.82, 2.24) is 15.1 Å². The molecule has 1 aromatic heterocycles. The Kier molecular flexibility index (Phi) is 5.37. The van der Waals surface area contributed by atoms with E-state index in [1.807, 2.05) is 36.4 Å². The molecule has 2 heterocycles. The summed E-state index contributed by atoms with van der Waals surface area (Å²) >= 11 is 0. The number of hydrogen-bond donors (Lipinski definition) is 0. The molecule has 0 radical (unpaired) electrons. The van der Waals surface area contributed by atoms with Crippen LogP contribution in [0.4, 0.5) is 10.2 Å². The normalized spacial score (nSPS) is 14.0. The van der Waals surface area contributed by atoms with Crippen LogP contribution in [0.3, 0.4) is 0 Å². The Morgan fingerprint density at radius 3 is 2.17 bits per heavy atom. The van der Waals surface area contributed by atoms with Crippen LogP contribution in [-0.2, 0) is 0 Å². The number of methoxy groups -OCH3 is 1. The number of carbonyl (C=O) groups is 1. The van der Waals surface area contributed by atoms with Gasteiger partial charge in [-0.05, 0) is 60.7 Å². The van der Waals surface area contributed by atoms with Crippen LogP contribution in [0.1, 0.15) is 10.4 Å². The fourth-order valence-electron chi connectivity index (χ4n) is 3.32. The molecule has 2 aromatic carbocycles. The van der Waals surface area contributed by atoms with E-state index in [0.717, 1.165) is 22.8 Å². The molecule has 4 rings (SSSR count). The lowest BCUT2D eigenvalue weighted by Crippen LogP contribution is -2.49. The van der Waals surface area contributed by atoms with Gasteiger partial charge in [0.25, 0.3) is 5.91 Å². The summed E-state index contributed by atoms with van der Waals surface area (Å²) in [5.74, 6) is 1.16. The quantitative estimate of drug-likeness (QED) is 0.682. The van der Waals surface area contributed by atoms with Crippen LogP contribution in [0.5, 0.6) is 5.75 Å². The lowest BCUT2D eigenvalue weighted by atomic mass is 10.1. The largest absolute Gasteiger partial charge is 0.497 e. The van der Waals surface area contributed by atoms with E-state index in [2.05, 4.69) is 15.1 Å². The van der Waals surface area contributed by atoms with Gasteiger partial charge in [0.2, 0.25) is 0 Å². The molecule has 1 saturated heterocycles. The molecule has 0 spiro atoms. The van der Waals surface area contributed by atoms with E-state index < -0.39 is 0 Å². The number of ether oxygens (including phenoxy) is 1. The van der Waals surface area contributed by atoms with Gasteiger partial charge in [-0.3, -0.25) is 4.79 Å². The second kappa shape index (κ2) is 8.26. The van der Waals surface area contributed by atoms with Gasteiger partial charge in [-0.25, -0.2) is 4.39 Å². The molecule has 1 fully saturated rings. The zero-order valence-corrected chi connectivity index (χ0v) is 16.1. The molecule has 148 valence electrons. The number of amides is 1. The van der Waals surface area contributed by atoms with Crippen molar-refractivity contribution >= 4 is 11.7 Å². The Balaban J connectivity index is 1.38. The number of carbonyl (C=O) groups excluding carboxylic acids is 1. The Hall–Kier alpha value is -3.48. The number of rotatable bonds is 4. The highest BCUT2D eigenvalue weighted by molar-refractivity contribution is 5.94. The van der Waals surface area contributed by atoms with Gasteiger partial charge in [0.05, 0.1) is 12.8 Å². The molecular formula is C22H21FN4O2. The van der Waals surface area contributed by atoms with Crippen molar-refractivity contribution in [2.45, 2.75) is 0 Å². The highest BCUT2D eigenvalue weighted by atomic mass is 19.1. The summed E-state index contributed by atoms with van der Waals surface area (Å²) < 4.78 is 18.2. The summed E-state index contributed by atoms with van der Waals surface area (Å²) in [5.41, 5.74) is 2.27. The molecule has 3 aromatic rings. The van der Waals surface area contributed by atoms with Crippen LogP contribution in [0.2, 0.25) is 0 Å². The van der Waals surface area contributed by atoms with Crippen LogP contribution in [0.15, 0.2) is 60.7 Å². The number of aromatic nitrogens is 2. The molecule has 0 saturated carbocycles. The topological polar surface area (TPSA) is 58.6 Å². The number of halogens is 1. The van der Waals surface area contributed by atoms with Gasteiger partial charge in [0.1, 0.15) is 11.6 Å². The fraction of sp³-hybridized carbons (Fsp3) is 0.227. The maximum Gasteiger partial charge on any atom is 0.253 e. The molecule has 0 bridgehead atoms. The second-order valence-corrected chi connectivity index (χ2v) is 6.79. The molecule has 6 nitrogen and oxygen atoms in total. The minimum Gasteiger partial charge on any atom is -0.497 e. The first-order valence-electron chi connectivity index (χ1n) is 9.42. The van der Waals surface area contributed by atoms with Gasteiger partial charge < -0.3 is 14.5 Å². The SMILES string of the molecule is COc1ccc(-c2ccc(N3CCN(C(=O)c4ccc(F)cc4)CC3)nn2)cc1. The highest BCUT2D eigenvalue weighted by Gasteiger charge is 2.23. The monoisotopic (exact) mass is 392 g/mol. The van der Waals surface area contributed by atoms with E-state index in [1.165, 1.54) is 24.3 Å². The molecule has 0 unspecified atom stereocenters. The zero-order chi connectivity index (χ0) is 20.2. The third-order valence-corrected chi connectivity index (χ3v) is 5.02. The van der Waals surface area contributed by atoms with E-state index in [4.69, 9.17) is 4.74 Å². The molecule has 1 aliphatic rings. The van der Waals surface area contributed by atoms with Crippen LogP contribution in [-0.4, -0.2) is 54.3 Å². The Morgan fingerprint density at radius 2 is 1.59 bits per heavy atom. The molecule has 7 heteroatoms. The Labute approximate surface area is 168 Å². The summed E-state index contributed by atoms with van der Waals surface area (Å²) in [7, 11) is 1.64. The summed E-state index contributed by atoms with van der Waals surface area (Å²) in [6.45, 7) is 2.50. The predicted molar refractivity (Wildman–Crippen MR) is 109 cm³/mol. The molecule has 1 amide bonds. The van der Waals surface area contributed by atoms with Crippen LogP contribution in [0, 0.1) is 5.82 Å². The lowest BCUT2D eigenvalue weighted by molar-refractivity contribution is 0.0746. The minimum absolute atomic E-state index is 0.0782. The van der Waals surface area contributed by atoms with Gasteiger partial charge >= 0.3 is 0 Å². The van der Waals surface area contributed by atoms with Gasteiger partial charge in [-0.15, -0.1) is 10.2 Å². The zero-order valence-electron chi connectivity index (χ0n) is 16.1. The molecule has 29 heavy (non-hydrogen) atoms. The predicted octanol–water partition coefficient (Wildman–Crippen LogP) is 3.25. The molecule has 0 aliphatic carbocycles. The van der Waals surface area contributed by atoms with E-state index in [0.29, 0.717) is 31.7 Å². The van der Waals surface area contributed by atoms with Crippen LogP contribution >= 0.6 is 0 Å². The molecule has 1 aliphatic heterocycles. The van der Waals surface area contributed by atoms with Crippen molar-refractivity contribution in [3.05, 3.63) is 72.0 Å². The third kappa shape index (κ3) is 4.18. The second-order valence-electron chi connectivity index (χ2n) is 6.79. The number of benzene rings is 2. The van der Waals surface area contributed by atoms with Gasteiger partial charge in [-0.2, -0.15) is 0 Å². The van der Waals surface area contributed by atoms with Crippen molar-refractivity contribution in [2.24, 2.45) is 0 Å². The third-order valence-electron chi connectivity index (χ3n) is 5.02. The van der Waals surface area contributed by atoms with Crippen molar-refractivity contribution < 1.29 is 13.9 Å². The van der Waals surface area contributed by atoms with E-state index in [9.17, 15) is 9.18 Å². The number of piperazine rings is 1. The molecule has 0 N–H and O–H groups in total. The Morgan fingerprint density at radius 1 is 0.897 bits per heavy atom. The van der Waals surface area contributed by atoms with Crippen molar-refractivity contribution in [3.8, 4) is 17.0 Å². The minimum atomic E-state index is -0.344. The van der Waals surface area contributed by atoms with Crippen molar-refractivity contribution in [2.75, 3.05) is 38.2 Å². The standard InChI is InChI=1S/C22H21FN4O2/c1-29-19-8-4-16(5-9-19)20-10-11-21(25-24-20)26-12-14-27(15-13-26)22(28)17-2-6-18(23)7-3-17/h2-11H,12-15H2,1H3. The highest BCUT2D eigenvalue weighted by Crippen LogP contribution is 2.22. The molecule has 0 atom stereocenters. The molecular weight excluding hydrogens is 371 g/mol. The smallest absolute Gasteiger partial charge is 0.253 e. The average molecular weight is 392 g/mol. The van der Waals surface area contributed by atoms with Crippen molar-refractivity contribution in [1.29, 1.82) is 0 Å². The first kappa shape index (κ1) is 18.9. The van der Waals surface area contributed by atoms with Crippen LogP contribution < -0.4 is 9.64 Å². The summed E-state index contributed by atoms with van der Waals surface area (Å²) in [6, 6.07) is 17.2. The summed E-state index contributed by atoms with van der Waals surface area (Å²) in [4.78, 5) is 16.4. The van der Waals surface area contributed by atoms with Gasteiger partial charge in [0, 0.05) is 37.3 Å². The van der Waals surface area contributed by atoms with Gasteiger partial charge in [0.15, 0.2) is 5.82 Å². The summed E-state index contributed by atoms with van der Waals surface area (Å²) in [6.07, 6.45) is 0. The summed E-state index contributed by atoms with van der Waals surface area (Å²) in [5, 5.41) is 8.70. The lowest BCUT2D eigenvalue weighted by Gasteiger charge is -2.35. The first-order valence-corrected chi connectivity index (χ1v) is 9.42. The van der Waals surface area contributed by atoms with Crippen LogP contribution in [0.25, 0.3) is 11.3 Å². The number of nitrogens with zero attached hydrogens (tertiary/aromatic N) is 4. The fourth-order valence-corrected chi connectivity index (χ4v) is 3.32. The van der Waals surface area contributed by atoms with E-state index >= 15 is 0 Å². The maximum absolute atomic E-state index is 13.1. The van der Waals surface area contributed by atoms with E-state index in [1.54, 1.807) is 12.0 Å². The first-order chi connectivity index (χ1) is 14.1. The van der Waals surface area contributed by atoms with Gasteiger partial charge in [-0.1, -0.05) is 0 Å². The van der Waals surface area contributed by atoms with E-state index in [-0.39, 0.29) is 11.7 Å². The van der Waals surface area contributed by atoms with Crippen molar-refractivity contribution in [3.63, 3.8) is 0 Å². The number of anilines is 1. The average Bonchev–Trinajstić information content (AvgIpc) is 2.79. The number of hydrogen-bond acceptors (Lipinski definition) is 5.